The lowest BCUT2D eigenvalue weighted by Crippen LogP contribution is -2.19. The number of carbonyl (C=O) groups is 1. The van der Waals surface area contributed by atoms with Crippen LogP contribution in [0.5, 0.6) is 0 Å². The molecule has 0 aliphatic carbocycles. The zero-order valence-electron chi connectivity index (χ0n) is 10.6. The van der Waals surface area contributed by atoms with Crippen molar-refractivity contribution in [2.24, 2.45) is 5.73 Å². The predicted octanol–water partition coefficient (Wildman–Crippen LogP) is 0.252. The molecule has 4 N–H and O–H groups in total. The van der Waals surface area contributed by atoms with Crippen molar-refractivity contribution in [3.05, 3.63) is 36.3 Å². The van der Waals surface area contributed by atoms with Crippen molar-refractivity contribution in [1.29, 1.82) is 0 Å². The van der Waals surface area contributed by atoms with Crippen molar-refractivity contribution in [3.8, 4) is 0 Å². The molecule has 3 rings (SSSR count). The highest BCUT2D eigenvalue weighted by atomic mass is 16.2. The number of benzene rings is 1. The average molecular weight is 271 g/mol. The Morgan fingerprint density at radius 2 is 2.35 bits per heavy atom. The van der Waals surface area contributed by atoms with Crippen molar-refractivity contribution in [1.82, 2.24) is 25.2 Å². The first-order valence-corrected chi connectivity index (χ1v) is 6.07. The Bertz CT molecular complexity index is 745. The summed E-state index contributed by atoms with van der Waals surface area (Å²) in [6.07, 6.45) is 3.32. The topological polar surface area (TPSA) is 115 Å². The highest BCUT2D eigenvalue weighted by Gasteiger charge is 2.08. The summed E-state index contributed by atoms with van der Waals surface area (Å²) in [7, 11) is 0. The van der Waals surface area contributed by atoms with Crippen LogP contribution >= 0.6 is 0 Å². The van der Waals surface area contributed by atoms with Gasteiger partial charge in [0.2, 0.25) is 5.91 Å². The third-order valence-electron chi connectivity index (χ3n) is 2.86. The fourth-order valence-corrected chi connectivity index (χ4v) is 1.92. The molecule has 0 radical (unpaired) electrons. The van der Waals surface area contributed by atoms with Crippen molar-refractivity contribution in [2.45, 2.75) is 13.1 Å². The molecule has 0 aliphatic heterocycles. The number of hydrogen-bond donors (Lipinski definition) is 3. The molecule has 0 atom stereocenters. The SMILES string of the molecule is NCc1cn(CC(=O)Nc2cccc3[nH]ncc23)nn1. The Morgan fingerprint density at radius 3 is 3.15 bits per heavy atom. The summed E-state index contributed by atoms with van der Waals surface area (Å²) in [5, 5.41) is 18.1. The molecule has 3 aromatic rings. The monoisotopic (exact) mass is 271 g/mol. The highest BCUT2D eigenvalue weighted by molar-refractivity contribution is 6.00. The van der Waals surface area contributed by atoms with E-state index in [0.717, 1.165) is 10.9 Å². The molecule has 20 heavy (non-hydrogen) atoms. The molecule has 2 aromatic heterocycles. The smallest absolute Gasteiger partial charge is 0.246 e. The van der Waals surface area contributed by atoms with Gasteiger partial charge in [-0.25, -0.2) is 4.68 Å². The van der Waals surface area contributed by atoms with Gasteiger partial charge in [0, 0.05) is 11.9 Å². The van der Waals surface area contributed by atoms with Gasteiger partial charge in [0.1, 0.15) is 6.54 Å². The van der Waals surface area contributed by atoms with Gasteiger partial charge in [-0.3, -0.25) is 9.89 Å². The van der Waals surface area contributed by atoms with E-state index in [1.165, 1.54) is 4.68 Å². The summed E-state index contributed by atoms with van der Waals surface area (Å²) in [4.78, 5) is 12.0. The Hall–Kier alpha value is -2.74. The van der Waals surface area contributed by atoms with Gasteiger partial charge in [0.15, 0.2) is 0 Å². The van der Waals surface area contributed by atoms with E-state index in [-0.39, 0.29) is 12.5 Å². The lowest BCUT2D eigenvalue weighted by atomic mass is 10.2. The quantitative estimate of drug-likeness (QED) is 0.629. The number of H-pyrrole nitrogens is 1. The third-order valence-corrected chi connectivity index (χ3v) is 2.86. The molecular weight excluding hydrogens is 258 g/mol. The number of nitrogens with two attached hydrogens (primary N) is 1. The number of fused-ring (bicyclic) bond motifs is 1. The number of aromatic amines is 1. The zero-order valence-corrected chi connectivity index (χ0v) is 10.6. The second kappa shape index (κ2) is 5.10. The van der Waals surface area contributed by atoms with Gasteiger partial charge in [-0.2, -0.15) is 5.10 Å². The number of nitrogens with zero attached hydrogens (tertiary/aromatic N) is 4. The van der Waals surface area contributed by atoms with E-state index in [1.54, 1.807) is 12.4 Å². The normalized spacial score (nSPS) is 10.8. The van der Waals surface area contributed by atoms with E-state index in [9.17, 15) is 4.79 Å². The maximum absolute atomic E-state index is 12.0. The lowest BCUT2D eigenvalue weighted by molar-refractivity contribution is -0.116. The van der Waals surface area contributed by atoms with Gasteiger partial charge in [-0.1, -0.05) is 11.3 Å². The molecule has 0 spiro atoms. The van der Waals surface area contributed by atoms with Crippen LogP contribution in [0.3, 0.4) is 0 Å². The molecule has 0 bridgehead atoms. The first-order valence-electron chi connectivity index (χ1n) is 6.07. The van der Waals surface area contributed by atoms with Crippen LogP contribution in [-0.2, 0) is 17.9 Å². The molecule has 8 heteroatoms. The average Bonchev–Trinajstić information content (AvgIpc) is 3.07. The Morgan fingerprint density at radius 1 is 1.45 bits per heavy atom. The van der Waals surface area contributed by atoms with Crippen LogP contribution in [0, 0.1) is 0 Å². The summed E-state index contributed by atoms with van der Waals surface area (Å²) in [6, 6.07) is 5.56. The van der Waals surface area contributed by atoms with Crippen molar-refractivity contribution in [3.63, 3.8) is 0 Å². The van der Waals surface area contributed by atoms with Crippen LogP contribution < -0.4 is 11.1 Å². The molecule has 0 saturated carbocycles. The maximum atomic E-state index is 12.0. The van der Waals surface area contributed by atoms with E-state index in [2.05, 4.69) is 25.8 Å². The van der Waals surface area contributed by atoms with Gasteiger partial charge in [-0.05, 0) is 12.1 Å². The molecule has 0 saturated heterocycles. The number of anilines is 1. The van der Waals surface area contributed by atoms with Gasteiger partial charge < -0.3 is 11.1 Å². The summed E-state index contributed by atoms with van der Waals surface area (Å²) in [5.41, 5.74) is 7.67. The van der Waals surface area contributed by atoms with E-state index < -0.39 is 0 Å². The highest BCUT2D eigenvalue weighted by Crippen LogP contribution is 2.20. The third kappa shape index (κ3) is 2.36. The van der Waals surface area contributed by atoms with E-state index in [1.807, 2.05) is 18.2 Å². The van der Waals surface area contributed by atoms with Crippen molar-refractivity contribution in [2.75, 3.05) is 5.32 Å². The van der Waals surface area contributed by atoms with Gasteiger partial charge in [0.25, 0.3) is 0 Å². The molecule has 0 unspecified atom stereocenters. The first-order chi connectivity index (χ1) is 9.76. The van der Waals surface area contributed by atoms with Crippen LogP contribution in [-0.4, -0.2) is 31.1 Å². The molecule has 1 amide bonds. The summed E-state index contributed by atoms with van der Waals surface area (Å²) in [5.74, 6) is -0.188. The maximum Gasteiger partial charge on any atom is 0.246 e. The van der Waals surface area contributed by atoms with Crippen LogP contribution in [0.25, 0.3) is 10.9 Å². The van der Waals surface area contributed by atoms with Crippen LogP contribution in [0.4, 0.5) is 5.69 Å². The Labute approximate surface area is 114 Å². The van der Waals surface area contributed by atoms with Crippen LogP contribution in [0.15, 0.2) is 30.6 Å². The van der Waals surface area contributed by atoms with Gasteiger partial charge in [0.05, 0.1) is 29.3 Å². The fourth-order valence-electron chi connectivity index (χ4n) is 1.92. The minimum absolute atomic E-state index is 0.0846. The largest absolute Gasteiger partial charge is 0.325 e. The number of nitrogens with one attached hydrogen (secondary N) is 2. The lowest BCUT2D eigenvalue weighted by Gasteiger charge is -2.05. The standard InChI is InChI=1S/C12H13N7O/c13-4-8-6-19(18-16-8)7-12(20)15-10-2-1-3-11-9(10)5-14-17-11/h1-3,5-6H,4,7,13H2,(H,14,17)(H,15,20). The molecular formula is C12H13N7O. The molecule has 102 valence electrons. The summed E-state index contributed by atoms with van der Waals surface area (Å²) in [6.45, 7) is 0.386. The predicted molar refractivity (Wildman–Crippen MR) is 72.6 cm³/mol. The van der Waals surface area contributed by atoms with Crippen LogP contribution in [0.2, 0.25) is 0 Å². The number of carbonyl (C=O) groups excluding carboxylic acids is 1. The number of amides is 1. The summed E-state index contributed by atoms with van der Waals surface area (Å²) < 4.78 is 1.45. The van der Waals surface area contributed by atoms with Gasteiger partial charge in [-0.15, -0.1) is 5.10 Å². The van der Waals surface area contributed by atoms with Crippen molar-refractivity contribution >= 4 is 22.5 Å². The van der Waals surface area contributed by atoms with Crippen molar-refractivity contribution < 1.29 is 4.79 Å². The zero-order chi connectivity index (χ0) is 13.9. The molecule has 0 fully saturated rings. The Kier molecular flexibility index (Phi) is 3.13. The number of hydrogen-bond acceptors (Lipinski definition) is 5. The first kappa shape index (κ1) is 12.3. The second-order valence-electron chi connectivity index (χ2n) is 4.30. The minimum atomic E-state index is -0.188. The Balaban J connectivity index is 1.74. The summed E-state index contributed by atoms with van der Waals surface area (Å²) >= 11 is 0. The number of aromatic nitrogens is 5. The minimum Gasteiger partial charge on any atom is -0.325 e. The van der Waals surface area contributed by atoms with Gasteiger partial charge >= 0.3 is 0 Å². The molecule has 0 aliphatic rings. The van der Waals surface area contributed by atoms with E-state index >= 15 is 0 Å². The van der Waals surface area contributed by atoms with E-state index in [0.29, 0.717) is 17.9 Å². The molecule has 2 heterocycles. The molecule has 8 nitrogen and oxygen atoms in total. The van der Waals surface area contributed by atoms with E-state index in [4.69, 9.17) is 5.73 Å². The van der Waals surface area contributed by atoms with Crippen LogP contribution in [0.1, 0.15) is 5.69 Å². The fraction of sp³-hybridized carbons (Fsp3) is 0.167. The number of rotatable bonds is 4. The second-order valence-corrected chi connectivity index (χ2v) is 4.30. The molecule has 1 aromatic carbocycles.